The van der Waals surface area contributed by atoms with Crippen LogP contribution in [-0.4, -0.2) is 63.3 Å². The molecule has 43 heavy (non-hydrogen) atoms. The lowest BCUT2D eigenvalue weighted by Gasteiger charge is -2.32. The molecule has 3 aromatic rings. The van der Waals surface area contributed by atoms with Crippen molar-refractivity contribution in [1.29, 1.82) is 0 Å². The van der Waals surface area contributed by atoms with E-state index in [0.29, 0.717) is 29.1 Å². The number of nitrogens with two attached hydrogens (primary N) is 1. The fourth-order valence-electron chi connectivity index (χ4n) is 4.50. The standard InChI is InChI=1S/C29H28ClF3N6O4/c30-19-6-4-18(5-7-19)13-22(27(34)41)23(14-20-3-1-2-10-35-20)28(42)36-16-26(40)39-11-8-21(9-12-39)43-25-15-24(29(31,32)33)37-17-38-25/h1-7,10,13,15,17,21,23H,8-9,11-12,14,16H2,(H2,34,41)(H,36,42)/b22-13+. The van der Waals surface area contributed by atoms with Gasteiger partial charge in [0, 0.05) is 60.9 Å². The van der Waals surface area contributed by atoms with Crippen molar-refractivity contribution < 1.29 is 32.3 Å². The highest BCUT2D eigenvalue weighted by molar-refractivity contribution is 6.30. The summed E-state index contributed by atoms with van der Waals surface area (Å²) in [4.78, 5) is 51.5. The Labute approximate surface area is 250 Å². The first-order valence-electron chi connectivity index (χ1n) is 13.3. The van der Waals surface area contributed by atoms with Crippen molar-refractivity contribution in [2.45, 2.75) is 31.5 Å². The number of alkyl halides is 3. The number of amides is 3. The van der Waals surface area contributed by atoms with Crippen LogP contribution in [0.2, 0.25) is 5.02 Å². The Bertz CT molecular complexity index is 1460. The van der Waals surface area contributed by atoms with Gasteiger partial charge in [-0.05, 0) is 35.9 Å². The summed E-state index contributed by atoms with van der Waals surface area (Å²) in [5, 5.41) is 3.12. The van der Waals surface area contributed by atoms with Crippen LogP contribution in [0.5, 0.6) is 5.88 Å². The van der Waals surface area contributed by atoms with E-state index in [2.05, 4.69) is 20.3 Å². The lowest BCUT2D eigenvalue weighted by molar-refractivity contribution is -0.141. The van der Waals surface area contributed by atoms with Gasteiger partial charge in [0.15, 0.2) is 5.69 Å². The average molecular weight is 617 g/mol. The zero-order chi connectivity index (χ0) is 31.0. The van der Waals surface area contributed by atoms with E-state index in [-0.39, 0.29) is 43.4 Å². The molecule has 1 atom stereocenters. The molecule has 0 bridgehead atoms. The maximum absolute atomic E-state index is 13.4. The number of ether oxygens (including phenoxy) is 1. The number of nitrogens with zero attached hydrogens (tertiary/aromatic N) is 4. The van der Waals surface area contributed by atoms with Gasteiger partial charge in [0.05, 0.1) is 12.5 Å². The maximum atomic E-state index is 13.4. The Morgan fingerprint density at radius 2 is 1.81 bits per heavy atom. The number of halogens is 4. The highest BCUT2D eigenvalue weighted by atomic mass is 35.5. The molecule has 3 amide bonds. The molecule has 0 saturated carbocycles. The predicted molar refractivity (Wildman–Crippen MR) is 150 cm³/mol. The van der Waals surface area contributed by atoms with E-state index < -0.39 is 35.7 Å². The van der Waals surface area contributed by atoms with E-state index in [1.165, 1.54) is 11.0 Å². The number of likely N-dealkylation sites (tertiary alicyclic amines) is 1. The van der Waals surface area contributed by atoms with Gasteiger partial charge in [0.2, 0.25) is 23.6 Å². The Hall–Kier alpha value is -4.52. The molecule has 0 aliphatic carbocycles. The third-order valence-electron chi connectivity index (χ3n) is 6.74. The van der Waals surface area contributed by atoms with Gasteiger partial charge in [-0.1, -0.05) is 29.8 Å². The van der Waals surface area contributed by atoms with Crippen LogP contribution in [0.1, 0.15) is 29.8 Å². The molecular formula is C29H28ClF3N6O4. The second-order valence-corrected chi connectivity index (χ2v) is 10.2. The molecule has 3 heterocycles. The van der Waals surface area contributed by atoms with E-state index in [1.807, 2.05) is 0 Å². The molecule has 4 rings (SSSR count). The lowest BCUT2D eigenvalue weighted by Crippen LogP contribution is -2.47. The monoisotopic (exact) mass is 616 g/mol. The number of aromatic nitrogens is 3. The van der Waals surface area contributed by atoms with Crippen molar-refractivity contribution in [1.82, 2.24) is 25.2 Å². The van der Waals surface area contributed by atoms with Crippen LogP contribution in [0.25, 0.3) is 6.08 Å². The van der Waals surface area contributed by atoms with Crippen molar-refractivity contribution in [3.63, 3.8) is 0 Å². The SMILES string of the molecule is NC(=O)/C(=C/c1ccc(Cl)cc1)C(Cc1ccccn1)C(=O)NCC(=O)N1CCC(Oc2cc(C(F)(F)F)ncn2)CC1. The number of benzene rings is 1. The zero-order valence-corrected chi connectivity index (χ0v) is 23.5. The largest absolute Gasteiger partial charge is 0.474 e. The average Bonchev–Trinajstić information content (AvgIpc) is 2.99. The van der Waals surface area contributed by atoms with Crippen LogP contribution in [0, 0.1) is 5.92 Å². The van der Waals surface area contributed by atoms with E-state index >= 15 is 0 Å². The highest BCUT2D eigenvalue weighted by Crippen LogP contribution is 2.29. The molecule has 1 fully saturated rings. The summed E-state index contributed by atoms with van der Waals surface area (Å²) in [6.45, 7) is 0.185. The van der Waals surface area contributed by atoms with Crippen LogP contribution in [0.4, 0.5) is 13.2 Å². The topological polar surface area (TPSA) is 140 Å². The molecule has 1 aliphatic rings. The first kappa shape index (κ1) is 31.4. The van der Waals surface area contributed by atoms with Gasteiger partial charge in [-0.15, -0.1) is 0 Å². The minimum absolute atomic E-state index is 0.0364. The van der Waals surface area contributed by atoms with Crippen molar-refractivity contribution in [3.05, 3.63) is 88.6 Å². The molecule has 226 valence electrons. The molecule has 0 radical (unpaired) electrons. The molecule has 10 nitrogen and oxygen atoms in total. The van der Waals surface area contributed by atoms with Gasteiger partial charge in [0.25, 0.3) is 0 Å². The molecule has 0 spiro atoms. The van der Waals surface area contributed by atoms with Crippen LogP contribution >= 0.6 is 11.6 Å². The van der Waals surface area contributed by atoms with Gasteiger partial charge < -0.3 is 20.7 Å². The van der Waals surface area contributed by atoms with Gasteiger partial charge in [0.1, 0.15) is 12.4 Å². The summed E-state index contributed by atoms with van der Waals surface area (Å²) in [7, 11) is 0. The van der Waals surface area contributed by atoms with Gasteiger partial charge in [-0.2, -0.15) is 13.2 Å². The smallest absolute Gasteiger partial charge is 0.433 e. The van der Waals surface area contributed by atoms with E-state index in [1.54, 1.807) is 48.7 Å². The number of pyridine rings is 1. The van der Waals surface area contributed by atoms with E-state index in [9.17, 15) is 27.6 Å². The van der Waals surface area contributed by atoms with Crippen molar-refractivity contribution >= 4 is 35.4 Å². The van der Waals surface area contributed by atoms with Crippen LogP contribution in [0.15, 0.2) is 66.6 Å². The number of piperidine rings is 1. The van der Waals surface area contributed by atoms with Crippen LogP contribution in [-0.2, 0) is 27.0 Å². The quantitative estimate of drug-likeness (QED) is 0.333. The Kier molecular flexibility index (Phi) is 10.3. The summed E-state index contributed by atoms with van der Waals surface area (Å²) in [5.41, 5.74) is 5.78. The second kappa shape index (κ2) is 14.1. The van der Waals surface area contributed by atoms with Gasteiger partial charge in [-0.25, -0.2) is 9.97 Å². The number of hydrogen-bond acceptors (Lipinski definition) is 7. The predicted octanol–water partition coefficient (Wildman–Crippen LogP) is 3.46. The summed E-state index contributed by atoms with van der Waals surface area (Å²) >= 11 is 5.96. The van der Waals surface area contributed by atoms with Gasteiger partial charge >= 0.3 is 6.18 Å². The van der Waals surface area contributed by atoms with Crippen molar-refractivity contribution in [3.8, 4) is 5.88 Å². The third-order valence-corrected chi connectivity index (χ3v) is 6.99. The Morgan fingerprint density at radius 1 is 1.09 bits per heavy atom. The first-order valence-corrected chi connectivity index (χ1v) is 13.7. The lowest BCUT2D eigenvalue weighted by atomic mass is 9.90. The third kappa shape index (κ3) is 8.98. The molecule has 3 N–H and O–H groups in total. The van der Waals surface area contributed by atoms with Crippen molar-refractivity contribution in [2.24, 2.45) is 11.7 Å². The summed E-state index contributed by atoms with van der Waals surface area (Å²) in [5.74, 6) is -2.99. The molecule has 1 aromatic carbocycles. The Morgan fingerprint density at radius 3 is 2.44 bits per heavy atom. The fourth-order valence-corrected chi connectivity index (χ4v) is 4.63. The number of carbonyl (C=O) groups excluding carboxylic acids is 3. The first-order chi connectivity index (χ1) is 20.5. The molecule has 1 aliphatic heterocycles. The van der Waals surface area contributed by atoms with E-state index in [4.69, 9.17) is 22.1 Å². The molecule has 2 aromatic heterocycles. The molecule has 14 heteroatoms. The number of nitrogens with one attached hydrogen (secondary N) is 1. The highest BCUT2D eigenvalue weighted by Gasteiger charge is 2.34. The van der Waals surface area contributed by atoms with Crippen LogP contribution < -0.4 is 15.8 Å². The summed E-state index contributed by atoms with van der Waals surface area (Å²) < 4.78 is 44.3. The minimum atomic E-state index is -4.62. The van der Waals surface area contributed by atoms with E-state index in [0.717, 1.165) is 12.4 Å². The maximum Gasteiger partial charge on any atom is 0.433 e. The zero-order valence-electron chi connectivity index (χ0n) is 22.8. The fraction of sp³-hybridized carbons (Fsp3) is 0.310. The molecule has 1 unspecified atom stereocenters. The molecular weight excluding hydrogens is 589 g/mol. The number of hydrogen-bond donors (Lipinski definition) is 2. The Balaban J connectivity index is 1.38. The normalized spacial score (nSPS) is 15.1. The summed E-state index contributed by atoms with van der Waals surface area (Å²) in [6.07, 6.45) is -0.455. The minimum Gasteiger partial charge on any atom is -0.474 e. The number of rotatable bonds is 10. The van der Waals surface area contributed by atoms with Crippen LogP contribution in [0.3, 0.4) is 0 Å². The second-order valence-electron chi connectivity index (χ2n) is 9.75. The number of primary amides is 1. The summed E-state index contributed by atoms with van der Waals surface area (Å²) in [6, 6.07) is 12.5. The van der Waals surface area contributed by atoms with Crippen molar-refractivity contribution in [2.75, 3.05) is 19.6 Å². The number of carbonyl (C=O) groups is 3. The molecule has 1 saturated heterocycles. The van der Waals surface area contributed by atoms with Gasteiger partial charge in [-0.3, -0.25) is 19.4 Å².